The van der Waals surface area contributed by atoms with E-state index in [9.17, 15) is 5.11 Å². The van der Waals surface area contributed by atoms with E-state index in [-0.39, 0.29) is 6.61 Å². The summed E-state index contributed by atoms with van der Waals surface area (Å²) in [5.74, 6) is 0.359. The summed E-state index contributed by atoms with van der Waals surface area (Å²) < 4.78 is 2.97. The van der Waals surface area contributed by atoms with Gasteiger partial charge in [0.05, 0.1) is 18.0 Å². The molecule has 0 amide bonds. The number of aliphatic hydroxyl groups is 1. The van der Waals surface area contributed by atoms with Crippen LogP contribution in [0.2, 0.25) is 0 Å². The Hall–Kier alpha value is -1.13. The van der Waals surface area contributed by atoms with Crippen LogP contribution >= 0.6 is 15.9 Å². The second-order valence-corrected chi connectivity index (χ2v) is 5.57. The molecule has 2 aromatic rings. The van der Waals surface area contributed by atoms with E-state index in [2.05, 4.69) is 53.9 Å². The highest BCUT2D eigenvalue weighted by atomic mass is 79.9. The average molecular weight is 309 g/mol. The molecule has 0 fully saturated rings. The maximum Gasteiger partial charge on any atom is 0.0886 e. The third-order valence-electron chi connectivity index (χ3n) is 2.94. The smallest absolute Gasteiger partial charge is 0.0886 e. The van der Waals surface area contributed by atoms with E-state index in [1.54, 1.807) is 0 Å². The molecule has 0 aliphatic carbocycles. The molecule has 0 radical (unpaired) electrons. The molecule has 96 valence electrons. The summed E-state index contributed by atoms with van der Waals surface area (Å²) in [7, 11) is 0. The molecule has 3 nitrogen and oxygen atoms in total. The molecular formula is C14H17BrN2O. The summed E-state index contributed by atoms with van der Waals surface area (Å²) in [6, 6.07) is 8.11. The van der Waals surface area contributed by atoms with Crippen molar-refractivity contribution in [3.8, 4) is 5.69 Å². The number of hydrogen-bond donors (Lipinski definition) is 1. The molecule has 0 atom stereocenters. The molecular weight excluding hydrogens is 292 g/mol. The average Bonchev–Trinajstić information content (AvgIpc) is 2.77. The molecule has 0 aliphatic heterocycles. The van der Waals surface area contributed by atoms with Gasteiger partial charge in [0.15, 0.2) is 0 Å². The van der Waals surface area contributed by atoms with Crippen LogP contribution in [0.4, 0.5) is 0 Å². The van der Waals surface area contributed by atoms with E-state index in [0.717, 1.165) is 15.9 Å². The fourth-order valence-corrected chi connectivity index (χ4v) is 2.22. The van der Waals surface area contributed by atoms with Crippen LogP contribution in [0.3, 0.4) is 0 Å². The summed E-state index contributed by atoms with van der Waals surface area (Å²) >= 11 is 3.54. The number of nitrogens with zero attached hydrogens (tertiary/aromatic N) is 2. The SMILES string of the molecule is Cc1ccc(-n2nc(CO)cc2C(C)C)cc1Br. The van der Waals surface area contributed by atoms with Crippen molar-refractivity contribution in [3.63, 3.8) is 0 Å². The van der Waals surface area contributed by atoms with Crippen LogP contribution in [0.15, 0.2) is 28.7 Å². The van der Waals surface area contributed by atoms with Gasteiger partial charge >= 0.3 is 0 Å². The van der Waals surface area contributed by atoms with Gasteiger partial charge in [-0.2, -0.15) is 5.10 Å². The van der Waals surface area contributed by atoms with Crippen molar-refractivity contribution < 1.29 is 5.11 Å². The molecule has 4 heteroatoms. The van der Waals surface area contributed by atoms with Crippen molar-refractivity contribution in [3.05, 3.63) is 45.7 Å². The summed E-state index contributed by atoms with van der Waals surface area (Å²) in [6.45, 7) is 6.27. The minimum absolute atomic E-state index is 0.0280. The molecule has 1 N–H and O–H groups in total. The number of benzene rings is 1. The number of aryl methyl sites for hydroxylation is 1. The molecule has 1 heterocycles. The Kier molecular flexibility index (Phi) is 3.88. The standard InChI is InChI=1S/C14H17BrN2O/c1-9(2)14-6-11(8-18)16-17(14)12-5-4-10(3)13(15)7-12/h4-7,9,18H,8H2,1-3H3. The number of hydrogen-bond acceptors (Lipinski definition) is 2. The van der Waals surface area contributed by atoms with Gasteiger partial charge in [-0.05, 0) is 36.6 Å². The Morgan fingerprint density at radius 1 is 1.33 bits per heavy atom. The highest BCUT2D eigenvalue weighted by Gasteiger charge is 2.12. The molecule has 0 saturated heterocycles. The first-order chi connectivity index (χ1) is 8.52. The molecule has 1 aromatic carbocycles. The molecule has 0 unspecified atom stereocenters. The molecule has 18 heavy (non-hydrogen) atoms. The minimum atomic E-state index is -0.0280. The summed E-state index contributed by atoms with van der Waals surface area (Å²) in [4.78, 5) is 0. The minimum Gasteiger partial charge on any atom is -0.390 e. The third-order valence-corrected chi connectivity index (χ3v) is 3.80. The molecule has 1 aromatic heterocycles. The van der Waals surface area contributed by atoms with Crippen LogP contribution in [-0.4, -0.2) is 14.9 Å². The number of aromatic nitrogens is 2. The topological polar surface area (TPSA) is 38.0 Å². The van der Waals surface area contributed by atoms with Crippen LogP contribution in [0.5, 0.6) is 0 Å². The first-order valence-corrected chi connectivity index (χ1v) is 6.78. The maximum atomic E-state index is 9.22. The lowest BCUT2D eigenvalue weighted by molar-refractivity contribution is 0.276. The highest BCUT2D eigenvalue weighted by molar-refractivity contribution is 9.10. The van der Waals surface area contributed by atoms with Crippen molar-refractivity contribution in [2.75, 3.05) is 0 Å². The molecule has 0 spiro atoms. The monoisotopic (exact) mass is 308 g/mol. The number of rotatable bonds is 3. The predicted octanol–water partition coefficient (Wildman–Crippen LogP) is 3.56. The van der Waals surface area contributed by atoms with E-state index in [1.807, 2.05) is 16.8 Å². The van der Waals surface area contributed by atoms with Crippen LogP contribution < -0.4 is 0 Å². The quantitative estimate of drug-likeness (QED) is 0.941. The number of aliphatic hydroxyl groups excluding tert-OH is 1. The Morgan fingerprint density at radius 3 is 2.61 bits per heavy atom. The van der Waals surface area contributed by atoms with Crippen molar-refractivity contribution in [1.82, 2.24) is 9.78 Å². The zero-order valence-electron chi connectivity index (χ0n) is 10.8. The van der Waals surface area contributed by atoms with Crippen LogP contribution in [0.25, 0.3) is 5.69 Å². The van der Waals surface area contributed by atoms with E-state index >= 15 is 0 Å². The van der Waals surface area contributed by atoms with Gasteiger partial charge in [-0.25, -0.2) is 4.68 Å². The first-order valence-electron chi connectivity index (χ1n) is 5.99. The van der Waals surface area contributed by atoms with Crippen LogP contribution in [-0.2, 0) is 6.61 Å². The van der Waals surface area contributed by atoms with Gasteiger partial charge in [-0.3, -0.25) is 0 Å². The fourth-order valence-electron chi connectivity index (χ4n) is 1.86. The maximum absolute atomic E-state index is 9.22. The molecule has 0 saturated carbocycles. The molecule has 2 rings (SSSR count). The van der Waals surface area contributed by atoms with Crippen LogP contribution in [0, 0.1) is 6.92 Å². The van der Waals surface area contributed by atoms with Crippen LogP contribution in [0.1, 0.15) is 36.7 Å². The van der Waals surface area contributed by atoms with Crippen molar-refractivity contribution in [1.29, 1.82) is 0 Å². The Bertz CT molecular complexity index is 561. The van der Waals surface area contributed by atoms with Gasteiger partial charge < -0.3 is 5.11 Å². The second kappa shape index (κ2) is 5.24. The number of halogens is 1. The van der Waals surface area contributed by atoms with Gasteiger partial charge in [-0.1, -0.05) is 35.8 Å². The lowest BCUT2D eigenvalue weighted by Crippen LogP contribution is -2.04. The predicted molar refractivity (Wildman–Crippen MR) is 76.0 cm³/mol. The zero-order chi connectivity index (χ0) is 13.3. The van der Waals surface area contributed by atoms with Gasteiger partial charge in [-0.15, -0.1) is 0 Å². The summed E-state index contributed by atoms with van der Waals surface area (Å²) in [6.07, 6.45) is 0. The van der Waals surface area contributed by atoms with Crippen molar-refractivity contribution in [2.45, 2.75) is 33.3 Å². The van der Waals surface area contributed by atoms with E-state index in [0.29, 0.717) is 11.6 Å². The lowest BCUT2D eigenvalue weighted by atomic mass is 10.1. The Morgan fingerprint density at radius 2 is 2.06 bits per heavy atom. The van der Waals surface area contributed by atoms with Gasteiger partial charge in [0.2, 0.25) is 0 Å². The van der Waals surface area contributed by atoms with Gasteiger partial charge in [0, 0.05) is 10.2 Å². The molecule has 0 aliphatic rings. The second-order valence-electron chi connectivity index (χ2n) is 4.72. The normalized spacial score (nSPS) is 11.2. The lowest BCUT2D eigenvalue weighted by Gasteiger charge is -2.11. The van der Waals surface area contributed by atoms with Gasteiger partial charge in [0.1, 0.15) is 0 Å². The van der Waals surface area contributed by atoms with E-state index in [4.69, 9.17) is 0 Å². The third kappa shape index (κ3) is 2.49. The van der Waals surface area contributed by atoms with E-state index < -0.39 is 0 Å². The Balaban J connectivity index is 2.54. The van der Waals surface area contributed by atoms with Crippen molar-refractivity contribution >= 4 is 15.9 Å². The molecule has 0 bridgehead atoms. The van der Waals surface area contributed by atoms with Gasteiger partial charge in [0.25, 0.3) is 0 Å². The fraction of sp³-hybridized carbons (Fsp3) is 0.357. The van der Waals surface area contributed by atoms with E-state index in [1.165, 1.54) is 5.56 Å². The first kappa shape index (κ1) is 13.3. The zero-order valence-corrected chi connectivity index (χ0v) is 12.4. The summed E-state index contributed by atoms with van der Waals surface area (Å²) in [5, 5.41) is 13.7. The Labute approximate surface area is 116 Å². The largest absolute Gasteiger partial charge is 0.390 e. The van der Waals surface area contributed by atoms with Crippen molar-refractivity contribution in [2.24, 2.45) is 0 Å². The summed E-state index contributed by atoms with van der Waals surface area (Å²) in [5.41, 5.74) is 4.01. The highest BCUT2D eigenvalue weighted by Crippen LogP contribution is 2.24.